The fraction of sp³-hybridized carbons (Fsp3) is 0.375. The minimum Gasteiger partial charge on any atom is -0.352 e. The molecule has 0 aliphatic heterocycles. The summed E-state index contributed by atoms with van der Waals surface area (Å²) in [6, 6.07) is 17.0. The SMILES string of the molecule is CC[C@@H](C(=O)NC1CCCCC1)N(Cc1ccc(Cl)cc1)C(=O)CN(c1cc(Cl)cc(Cl)c1)S(=O)(=O)c1ccc(C)cc1. The summed E-state index contributed by atoms with van der Waals surface area (Å²) in [4.78, 5) is 29.3. The highest BCUT2D eigenvalue weighted by Gasteiger charge is 2.34. The van der Waals surface area contributed by atoms with Crippen molar-refractivity contribution in [1.29, 1.82) is 0 Å². The predicted octanol–water partition coefficient (Wildman–Crippen LogP) is 7.41. The molecular formula is C32H36Cl3N3O4S. The number of nitrogens with one attached hydrogen (secondary N) is 1. The molecule has 1 N–H and O–H groups in total. The summed E-state index contributed by atoms with van der Waals surface area (Å²) in [6.45, 7) is 3.20. The van der Waals surface area contributed by atoms with Crippen LogP contribution in [0, 0.1) is 6.92 Å². The van der Waals surface area contributed by atoms with Crippen molar-refractivity contribution in [3.05, 3.63) is 92.9 Å². The lowest BCUT2D eigenvalue weighted by molar-refractivity contribution is -0.140. The molecule has 11 heteroatoms. The molecule has 0 spiro atoms. The van der Waals surface area contributed by atoms with Crippen LogP contribution < -0.4 is 9.62 Å². The molecule has 43 heavy (non-hydrogen) atoms. The van der Waals surface area contributed by atoms with E-state index in [1.54, 1.807) is 36.4 Å². The van der Waals surface area contributed by atoms with Crippen molar-refractivity contribution in [2.45, 2.75) is 75.9 Å². The molecule has 230 valence electrons. The Balaban J connectivity index is 1.72. The van der Waals surface area contributed by atoms with Crippen LogP contribution in [-0.4, -0.2) is 43.8 Å². The Labute approximate surface area is 269 Å². The number of carbonyl (C=O) groups is 2. The van der Waals surface area contributed by atoms with Crippen LogP contribution in [0.2, 0.25) is 15.1 Å². The standard InChI is InChI=1S/C32H36Cl3N3O4S/c1-3-30(32(40)36-27-7-5-4-6-8-27)37(20-23-11-13-24(33)14-12-23)31(39)21-38(28-18-25(34)17-26(35)19-28)43(41,42)29-15-9-22(2)10-16-29/h9-19,27,30H,3-8,20-21H2,1-2H3,(H,36,40)/t30-/m0/s1. The second kappa shape index (κ2) is 14.8. The van der Waals surface area contributed by atoms with E-state index in [9.17, 15) is 18.0 Å². The van der Waals surface area contributed by atoms with Crippen molar-refractivity contribution in [2.75, 3.05) is 10.8 Å². The molecule has 0 radical (unpaired) electrons. The van der Waals surface area contributed by atoms with Gasteiger partial charge in [-0.15, -0.1) is 0 Å². The Morgan fingerprint density at radius 2 is 1.49 bits per heavy atom. The maximum Gasteiger partial charge on any atom is 0.264 e. The molecule has 0 unspecified atom stereocenters. The molecule has 3 aromatic carbocycles. The molecular weight excluding hydrogens is 629 g/mol. The Hall–Kier alpha value is -2.78. The molecule has 0 aromatic heterocycles. The van der Waals surface area contributed by atoms with Crippen LogP contribution in [0.1, 0.15) is 56.6 Å². The van der Waals surface area contributed by atoms with Gasteiger partial charge in [-0.2, -0.15) is 0 Å². The van der Waals surface area contributed by atoms with E-state index in [2.05, 4.69) is 5.32 Å². The summed E-state index contributed by atoms with van der Waals surface area (Å²) in [6.07, 6.45) is 5.36. The number of hydrogen-bond donors (Lipinski definition) is 1. The second-order valence-corrected chi connectivity index (χ2v) is 14.0. The van der Waals surface area contributed by atoms with Gasteiger partial charge in [0.1, 0.15) is 12.6 Å². The number of benzene rings is 3. The lowest BCUT2D eigenvalue weighted by atomic mass is 9.95. The summed E-state index contributed by atoms with van der Waals surface area (Å²) in [7, 11) is -4.24. The Morgan fingerprint density at radius 1 is 0.884 bits per heavy atom. The van der Waals surface area contributed by atoms with E-state index < -0.39 is 28.5 Å². The van der Waals surface area contributed by atoms with Gasteiger partial charge in [0.25, 0.3) is 10.0 Å². The van der Waals surface area contributed by atoms with Gasteiger partial charge in [0.15, 0.2) is 0 Å². The van der Waals surface area contributed by atoms with Crippen LogP contribution in [0.5, 0.6) is 0 Å². The molecule has 1 aliphatic rings. The second-order valence-electron chi connectivity index (χ2n) is 10.9. The van der Waals surface area contributed by atoms with Crippen LogP contribution >= 0.6 is 34.8 Å². The number of sulfonamides is 1. The number of aryl methyl sites for hydroxylation is 1. The van der Waals surface area contributed by atoms with Gasteiger partial charge in [-0.25, -0.2) is 8.42 Å². The molecule has 1 aliphatic carbocycles. The molecule has 0 heterocycles. The van der Waals surface area contributed by atoms with E-state index in [1.807, 2.05) is 13.8 Å². The van der Waals surface area contributed by atoms with Crippen molar-refractivity contribution in [3.63, 3.8) is 0 Å². The van der Waals surface area contributed by atoms with Gasteiger partial charge < -0.3 is 10.2 Å². The van der Waals surface area contributed by atoms with Crippen LogP contribution in [0.3, 0.4) is 0 Å². The highest BCUT2D eigenvalue weighted by molar-refractivity contribution is 7.92. The third kappa shape index (κ3) is 8.66. The topological polar surface area (TPSA) is 86.8 Å². The van der Waals surface area contributed by atoms with Gasteiger partial charge in [-0.1, -0.05) is 90.8 Å². The first-order valence-electron chi connectivity index (χ1n) is 14.4. The third-order valence-electron chi connectivity index (χ3n) is 7.63. The number of halogens is 3. The Kier molecular flexibility index (Phi) is 11.4. The largest absolute Gasteiger partial charge is 0.352 e. The maximum atomic E-state index is 14.2. The Bertz CT molecular complexity index is 1510. The molecule has 1 fully saturated rings. The first-order valence-corrected chi connectivity index (χ1v) is 16.9. The fourth-order valence-corrected chi connectivity index (χ4v) is 7.34. The lowest BCUT2D eigenvalue weighted by Gasteiger charge is -2.34. The number of nitrogens with zero attached hydrogens (tertiary/aromatic N) is 2. The van der Waals surface area contributed by atoms with Gasteiger partial charge in [-0.05, 0) is 74.2 Å². The number of carbonyl (C=O) groups excluding carboxylic acids is 2. The molecule has 1 atom stereocenters. The van der Waals surface area contributed by atoms with Crippen molar-refractivity contribution in [1.82, 2.24) is 10.2 Å². The number of amides is 2. The summed E-state index contributed by atoms with van der Waals surface area (Å²) < 4.78 is 29.1. The molecule has 2 amide bonds. The van der Waals surface area contributed by atoms with E-state index in [0.717, 1.165) is 47.5 Å². The predicted molar refractivity (Wildman–Crippen MR) is 173 cm³/mol. The third-order valence-corrected chi connectivity index (χ3v) is 10.1. The summed E-state index contributed by atoms with van der Waals surface area (Å²) in [5.74, 6) is -0.803. The van der Waals surface area contributed by atoms with Crippen LogP contribution in [0.15, 0.2) is 71.6 Å². The van der Waals surface area contributed by atoms with Crippen molar-refractivity contribution >= 4 is 62.3 Å². The van der Waals surface area contributed by atoms with Crippen LogP contribution in [0.25, 0.3) is 0 Å². The highest BCUT2D eigenvalue weighted by Crippen LogP contribution is 2.30. The average Bonchev–Trinajstić information content (AvgIpc) is 2.97. The van der Waals surface area contributed by atoms with E-state index in [0.29, 0.717) is 11.4 Å². The monoisotopic (exact) mass is 663 g/mol. The Morgan fingerprint density at radius 3 is 2.07 bits per heavy atom. The van der Waals surface area contributed by atoms with Crippen molar-refractivity contribution < 1.29 is 18.0 Å². The molecule has 3 aromatic rings. The highest BCUT2D eigenvalue weighted by atomic mass is 35.5. The van der Waals surface area contributed by atoms with Gasteiger partial charge in [-0.3, -0.25) is 13.9 Å². The normalized spacial score (nSPS) is 14.6. The minimum absolute atomic E-state index is 0.00772. The van der Waals surface area contributed by atoms with Crippen molar-refractivity contribution in [3.8, 4) is 0 Å². The fourth-order valence-electron chi connectivity index (χ4n) is 5.30. The number of rotatable bonds is 11. The minimum atomic E-state index is -4.24. The van der Waals surface area contributed by atoms with E-state index in [1.165, 1.54) is 35.2 Å². The molecule has 1 saturated carbocycles. The van der Waals surface area contributed by atoms with E-state index in [-0.39, 0.29) is 39.1 Å². The van der Waals surface area contributed by atoms with Crippen LogP contribution in [0.4, 0.5) is 5.69 Å². The van der Waals surface area contributed by atoms with Gasteiger partial charge in [0.2, 0.25) is 11.8 Å². The number of hydrogen-bond acceptors (Lipinski definition) is 4. The van der Waals surface area contributed by atoms with Gasteiger partial charge >= 0.3 is 0 Å². The smallest absolute Gasteiger partial charge is 0.264 e. The summed E-state index contributed by atoms with van der Waals surface area (Å²) in [5.41, 5.74) is 1.77. The average molecular weight is 665 g/mol. The first kappa shape index (κ1) is 33.1. The quantitative estimate of drug-likeness (QED) is 0.231. The number of anilines is 1. The zero-order valence-corrected chi connectivity index (χ0v) is 27.3. The summed E-state index contributed by atoms with van der Waals surface area (Å²) >= 11 is 18.6. The molecule has 4 rings (SSSR count). The summed E-state index contributed by atoms with van der Waals surface area (Å²) in [5, 5.41) is 4.12. The lowest BCUT2D eigenvalue weighted by Crippen LogP contribution is -2.54. The molecule has 0 saturated heterocycles. The molecule has 0 bridgehead atoms. The zero-order chi connectivity index (χ0) is 31.1. The van der Waals surface area contributed by atoms with Gasteiger partial charge in [0.05, 0.1) is 10.6 Å². The first-order chi connectivity index (χ1) is 20.5. The zero-order valence-electron chi connectivity index (χ0n) is 24.2. The van der Waals surface area contributed by atoms with E-state index in [4.69, 9.17) is 34.8 Å². The van der Waals surface area contributed by atoms with E-state index >= 15 is 0 Å². The molecule has 7 nitrogen and oxygen atoms in total. The van der Waals surface area contributed by atoms with Crippen molar-refractivity contribution in [2.24, 2.45) is 0 Å². The maximum absolute atomic E-state index is 14.2. The van der Waals surface area contributed by atoms with Crippen LogP contribution in [-0.2, 0) is 26.2 Å². The van der Waals surface area contributed by atoms with Gasteiger partial charge in [0, 0.05) is 27.7 Å².